The molecular formula is C13H7ClN2O2. The summed E-state index contributed by atoms with van der Waals surface area (Å²) in [4.78, 5) is 14.5. The average Bonchev–Trinajstić information content (AvgIpc) is 2.41. The molecule has 0 aliphatic heterocycles. The van der Waals surface area contributed by atoms with Crippen molar-refractivity contribution in [1.29, 1.82) is 5.26 Å². The third kappa shape index (κ3) is 2.65. The van der Waals surface area contributed by atoms with Gasteiger partial charge in [0.15, 0.2) is 0 Å². The van der Waals surface area contributed by atoms with Crippen molar-refractivity contribution in [3.8, 4) is 17.7 Å². The molecule has 0 N–H and O–H groups in total. The maximum atomic E-state index is 10.6. The van der Waals surface area contributed by atoms with E-state index in [-0.39, 0.29) is 11.6 Å². The zero-order valence-corrected chi connectivity index (χ0v) is 9.89. The fraction of sp³-hybridized carbons (Fsp3) is 0. The summed E-state index contributed by atoms with van der Waals surface area (Å²) in [6, 6.07) is 11.4. The van der Waals surface area contributed by atoms with Crippen molar-refractivity contribution in [2.75, 3.05) is 0 Å². The van der Waals surface area contributed by atoms with Crippen molar-refractivity contribution in [3.05, 3.63) is 52.7 Å². The lowest BCUT2D eigenvalue weighted by Crippen LogP contribution is -1.91. The van der Waals surface area contributed by atoms with Crippen LogP contribution in [0.15, 0.2) is 36.4 Å². The number of nitrogens with zero attached hydrogens (tertiary/aromatic N) is 2. The highest BCUT2D eigenvalue weighted by Gasteiger charge is 2.05. The van der Waals surface area contributed by atoms with E-state index in [1.54, 1.807) is 30.3 Å². The second-order valence-electron chi connectivity index (χ2n) is 3.38. The third-order valence-electron chi connectivity index (χ3n) is 2.14. The van der Waals surface area contributed by atoms with Crippen LogP contribution in [0.2, 0.25) is 5.02 Å². The third-order valence-corrected chi connectivity index (χ3v) is 2.44. The molecule has 0 atom stereocenters. The number of hydrogen-bond donors (Lipinski definition) is 0. The van der Waals surface area contributed by atoms with Crippen molar-refractivity contribution in [2.45, 2.75) is 0 Å². The summed E-state index contributed by atoms with van der Waals surface area (Å²) in [7, 11) is 0. The minimum Gasteiger partial charge on any atom is -0.437 e. The molecule has 0 amide bonds. The lowest BCUT2D eigenvalue weighted by Gasteiger charge is -2.06. The number of carbonyl (C=O) groups excluding carboxylic acids is 1. The first-order valence-corrected chi connectivity index (χ1v) is 5.40. The van der Waals surface area contributed by atoms with Gasteiger partial charge in [0.2, 0.25) is 5.88 Å². The van der Waals surface area contributed by atoms with Crippen LogP contribution in [0.1, 0.15) is 16.1 Å². The molecular weight excluding hydrogens is 252 g/mol. The zero-order valence-electron chi connectivity index (χ0n) is 9.13. The molecule has 18 heavy (non-hydrogen) atoms. The Hall–Kier alpha value is -2.38. The van der Waals surface area contributed by atoms with Gasteiger partial charge < -0.3 is 4.74 Å². The largest absolute Gasteiger partial charge is 0.437 e. The molecule has 0 unspecified atom stereocenters. The van der Waals surface area contributed by atoms with E-state index >= 15 is 0 Å². The second kappa shape index (κ2) is 5.30. The van der Waals surface area contributed by atoms with Gasteiger partial charge in [-0.3, -0.25) is 4.79 Å². The SMILES string of the molecule is N#Cc1cccc(Oc2ccc(C=O)cc2Cl)n1. The predicted molar refractivity (Wildman–Crippen MR) is 65.9 cm³/mol. The molecule has 1 aromatic heterocycles. The van der Waals surface area contributed by atoms with E-state index in [2.05, 4.69) is 4.98 Å². The summed E-state index contributed by atoms with van der Waals surface area (Å²) in [6.07, 6.45) is 0.699. The molecule has 2 rings (SSSR count). The number of nitriles is 1. The van der Waals surface area contributed by atoms with E-state index < -0.39 is 0 Å². The summed E-state index contributed by atoms with van der Waals surface area (Å²) < 4.78 is 5.44. The van der Waals surface area contributed by atoms with E-state index in [0.29, 0.717) is 22.6 Å². The molecule has 0 spiro atoms. The van der Waals surface area contributed by atoms with Gasteiger partial charge in [-0.2, -0.15) is 5.26 Å². The maximum absolute atomic E-state index is 10.6. The van der Waals surface area contributed by atoms with Gasteiger partial charge in [-0.15, -0.1) is 0 Å². The summed E-state index contributed by atoms with van der Waals surface area (Å²) in [5.41, 5.74) is 0.721. The van der Waals surface area contributed by atoms with E-state index in [1.807, 2.05) is 6.07 Å². The predicted octanol–water partition coefficient (Wildman–Crippen LogP) is 3.21. The van der Waals surface area contributed by atoms with Gasteiger partial charge in [-0.05, 0) is 24.3 Å². The monoisotopic (exact) mass is 258 g/mol. The molecule has 1 aromatic carbocycles. The van der Waals surface area contributed by atoms with Crippen LogP contribution in [0.5, 0.6) is 11.6 Å². The van der Waals surface area contributed by atoms with Gasteiger partial charge in [0.25, 0.3) is 0 Å². The first-order chi connectivity index (χ1) is 8.72. The smallest absolute Gasteiger partial charge is 0.220 e. The van der Waals surface area contributed by atoms with Crippen LogP contribution in [0, 0.1) is 11.3 Å². The summed E-state index contributed by atoms with van der Waals surface area (Å²) >= 11 is 5.96. The molecule has 0 aliphatic rings. The van der Waals surface area contributed by atoms with Gasteiger partial charge in [0, 0.05) is 11.6 Å². The van der Waals surface area contributed by atoms with Gasteiger partial charge >= 0.3 is 0 Å². The average molecular weight is 259 g/mol. The fourth-order valence-corrected chi connectivity index (χ4v) is 1.55. The van der Waals surface area contributed by atoms with Crippen molar-refractivity contribution in [3.63, 3.8) is 0 Å². The van der Waals surface area contributed by atoms with Crippen LogP contribution in [0.25, 0.3) is 0 Å². The number of rotatable bonds is 3. The Bertz CT molecular complexity index is 635. The molecule has 0 saturated carbocycles. The number of hydrogen-bond acceptors (Lipinski definition) is 4. The zero-order chi connectivity index (χ0) is 13.0. The summed E-state index contributed by atoms with van der Waals surface area (Å²) in [6.45, 7) is 0. The standard InChI is InChI=1S/C13H7ClN2O2/c14-11-6-9(8-17)4-5-12(11)18-13-3-1-2-10(7-15)16-13/h1-6,8H. The Morgan fingerprint density at radius 3 is 2.83 bits per heavy atom. The highest BCUT2D eigenvalue weighted by Crippen LogP contribution is 2.28. The lowest BCUT2D eigenvalue weighted by atomic mass is 10.2. The maximum Gasteiger partial charge on any atom is 0.220 e. The van der Waals surface area contributed by atoms with Crippen LogP contribution in [-0.4, -0.2) is 11.3 Å². The number of benzene rings is 1. The van der Waals surface area contributed by atoms with Gasteiger partial charge in [-0.25, -0.2) is 4.98 Å². The highest BCUT2D eigenvalue weighted by atomic mass is 35.5. The minimum absolute atomic E-state index is 0.258. The Morgan fingerprint density at radius 1 is 1.33 bits per heavy atom. The lowest BCUT2D eigenvalue weighted by molar-refractivity contribution is 0.112. The second-order valence-corrected chi connectivity index (χ2v) is 3.79. The number of aldehydes is 1. The quantitative estimate of drug-likeness (QED) is 0.793. The Balaban J connectivity index is 2.28. The molecule has 0 fully saturated rings. The molecule has 0 saturated heterocycles. The molecule has 0 aliphatic carbocycles. The van der Waals surface area contributed by atoms with E-state index in [4.69, 9.17) is 21.6 Å². The van der Waals surface area contributed by atoms with Crippen LogP contribution in [-0.2, 0) is 0 Å². The number of pyridine rings is 1. The van der Waals surface area contributed by atoms with Gasteiger partial charge in [-0.1, -0.05) is 17.7 Å². The molecule has 0 radical (unpaired) electrons. The van der Waals surface area contributed by atoms with Crippen molar-refractivity contribution in [2.24, 2.45) is 0 Å². The first kappa shape index (κ1) is 12.1. The molecule has 88 valence electrons. The number of halogens is 1. The van der Waals surface area contributed by atoms with Crippen molar-refractivity contribution < 1.29 is 9.53 Å². The molecule has 5 heteroatoms. The first-order valence-electron chi connectivity index (χ1n) is 5.02. The Kier molecular flexibility index (Phi) is 3.56. The number of ether oxygens (including phenoxy) is 1. The van der Waals surface area contributed by atoms with E-state index in [0.717, 1.165) is 0 Å². The summed E-state index contributed by atoms with van der Waals surface area (Å²) in [5, 5.41) is 9.03. The highest BCUT2D eigenvalue weighted by molar-refractivity contribution is 6.32. The van der Waals surface area contributed by atoms with Gasteiger partial charge in [0.05, 0.1) is 5.02 Å². The van der Waals surface area contributed by atoms with E-state index in [9.17, 15) is 4.79 Å². The molecule has 0 bridgehead atoms. The van der Waals surface area contributed by atoms with Crippen molar-refractivity contribution in [1.82, 2.24) is 4.98 Å². The fourth-order valence-electron chi connectivity index (χ4n) is 1.32. The molecule has 2 aromatic rings. The molecule has 4 nitrogen and oxygen atoms in total. The summed E-state index contributed by atoms with van der Waals surface area (Å²) in [5.74, 6) is 0.652. The normalized spacial score (nSPS) is 9.56. The van der Waals surface area contributed by atoms with Crippen molar-refractivity contribution >= 4 is 17.9 Å². The van der Waals surface area contributed by atoms with Gasteiger partial charge in [0.1, 0.15) is 23.8 Å². The van der Waals surface area contributed by atoms with E-state index in [1.165, 1.54) is 6.07 Å². The topological polar surface area (TPSA) is 63.0 Å². The van der Waals surface area contributed by atoms with Crippen LogP contribution in [0.4, 0.5) is 0 Å². The number of carbonyl (C=O) groups is 1. The Labute approximate surface area is 108 Å². The minimum atomic E-state index is 0.258. The van der Waals surface area contributed by atoms with Crippen LogP contribution < -0.4 is 4.74 Å². The van der Waals surface area contributed by atoms with Crippen LogP contribution >= 0.6 is 11.6 Å². The van der Waals surface area contributed by atoms with Crippen LogP contribution in [0.3, 0.4) is 0 Å². The number of aromatic nitrogens is 1. The molecule has 1 heterocycles. The Morgan fingerprint density at radius 2 is 2.17 bits per heavy atom.